The van der Waals surface area contributed by atoms with Crippen LogP contribution in [0, 0.1) is 0 Å². The minimum Gasteiger partial charge on any atom is -1.00 e. The Morgan fingerprint density at radius 1 is 1.00 bits per heavy atom. The summed E-state index contributed by atoms with van der Waals surface area (Å²) in [6.07, 6.45) is 0. The van der Waals surface area contributed by atoms with Gasteiger partial charge in [-0.15, -0.1) is 0 Å². The number of phosphoric acid groups is 1. The standard InChI is InChI=1S/2Ca.2ClH.K.H3O4P.3H/c;;;;;1-5(2,3)4;;;/h;;2*1H;;(H3,1,2,3,4);;;/q2*+2;;;+1;;3*-1/p-2. The van der Waals surface area contributed by atoms with Crippen molar-refractivity contribution in [2.45, 2.75) is 0 Å². The zero-order chi connectivity index (χ0) is 4.50. The van der Waals surface area contributed by atoms with Gasteiger partial charge < -0.3 is 43.8 Å². The Morgan fingerprint density at radius 3 is 1.00 bits per heavy atom. The molecule has 0 fully saturated rings. The van der Waals surface area contributed by atoms with E-state index >= 15 is 0 Å². The molecule has 0 spiro atoms. The zero-order valence-corrected chi connectivity index (χ0v) is 15.3. The minimum absolute atomic E-state index is 0. The molecule has 0 atom stereocenters. The maximum atomic E-state index is 8.88. The van der Waals surface area contributed by atoms with Crippen LogP contribution >= 0.6 is 7.82 Å². The first kappa shape index (κ1) is 36.4. The van der Waals surface area contributed by atoms with Gasteiger partial charge in [0.05, 0.1) is 0 Å². The van der Waals surface area contributed by atoms with Gasteiger partial charge in [0, 0.05) is 0 Å². The molecule has 54 valence electrons. The van der Waals surface area contributed by atoms with E-state index in [4.69, 9.17) is 19.2 Å². The van der Waals surface area contributed by atoms with Gasteiger partial charge >= 0.3 is 135 Å². The van der Waals surface area contributed by atoms with Crippen molar-refractivity contribution in [3.63, 3.8) is 0 Å². The summed E-state index contributed by atoms with van der Waals surface area (Å²) in [5.41, 5.74) is 0. The van der Waals surface area contributed by atoms with Crippen LogP contribution in [-0.4, -0.2) is 90.2 Å². The van der Waals surface area contributed by atoms with Crippen LogP contribution in [0.25, 0.3) is 0 Å². The van der Waals surface area contributed by atoms with Gasteiger partial charge in [-0.05, 0) is 0 Å². The summed E-state index contributed by atoms with van der Waals surface area (Å²) in [4.78, 5) is 21.6. The van der Waals surface area contributed by atoms with E-state index < -0.39 is 7.82 Å². The SMILES string of the molecule is O=P(O)(O)O.[Ca+2].[Ca+2].[Cl-].[Cl-].[H-].[H-].[H-].[K+]. The van der Waals surface area contributed by atoms with Gasteiger partial charge in [-0.3, -0.25) is 0 Å². The summed E-state index contributed by atoms with van der Waals surface area (Å²) in [5, 5.41) is 0. The van der Waals surface area contributed by atoms with Crippen LogP contribution in [0.1, 0.15) is 4.28 Å². The molecule has 0 saturated heterocycles. The number of rotatable bonds is 0. The maximum Gasteiger partial charge on any atom is 2.00 e. The second kappa shape index (κ2) is 19.4. The van der Waals surface area contributed by atoms with Crippen molar-refractivity contribution >= 4 is 83.3 Å². The predicted octanol–water partition coefficient (Wildman–Crippen LogP) is -10.3. The van der Waals surface area contributed by atoms with Crippen LogP contribution in [-0.2, 0) is 4.57 Å². The molecule has 0 heterocycles. The Bertz CT molecular complexity index is 77.5. The first-order valence-electron chi connectivity index (χ1n) is 0.783. The van der Waals surface area contributed by atoms with Crippen molar-refractivity contribution in [3.05, 3.63) is 0 Å². The summed E-state index contributed by atoms with van der Waals surface area (Å²) in [6.45, 7) is 0. The Hall–Kier alpha value is 4.85. The molecular weight excluding hydrogens is 285 g/mol. The molecule has 0 rings (SSSR count). The van der Waals surface area contributed by atoms with Gasteiger partial charge in [-0.1, -0.05) is 0 Å². The third kappa shape index (κ3) is 76.8. The van der Waals surface area contributed by atoms with Gasteiger partial charge in [0.2, 0.25) is 0 Å². The minimum atomic E-state index is -4.64. The molecule has 0 bridgehead atoms. The van der Waals surface area contributed by atoms with Crippen LogP contribution in [0.5, 0.6) is 0 Å². The van der Waals surface area contributed by atoms with Crippen LogP contribution in [0.2, 0.25) is 0 Å². The van der Waals surface area contributed by atoms with Crippen molar-refractivity contribution in [1.29, 1.82) is 0 Å². The molecule has 3 N–H and O–H groups in total. The molecule has 0 unspecified atom stereocenters. The third-order valence-electron chi connectivity index (χ3n) is 0. The van der Waals surface area contributed by atoms with Crippen molar-refractivity contribution in [2.75, 3.05) is 0 Å². The Morgan fingerprint density at radius 2 is 1.00 bits per heavy atom. The Labute approximate surface area is 178 Å². The van der Waals surface area contributed by atoms with Crippen molar-refractivity contribution in [2.24, 2.45) is 0 Å². The number of hydrogen-bond acceptors (Lipinski definition) is 1. The normalized spacial score (nSPS) is 5.90. The largest absolute Gasteiger partial charge is 2.00 e. The van der Waals surface area contributed by atoms with E-state index in [0.29, 0.717) is 0 Å². The Balaban J connectivity index is -0.00000000286. The monoisotopic (exact) mass is 290 g/mol. The third-order valence-corrected chi connectivity index (χ3v) is 0. The first-order chi connectivity index (χ1) is 2.00. The van der Waals surface area contributed by atoms with E-state index in [2.05, 4.69) is 0 Å². The van der Waals surface area contributed by atoms with Crippen LogP contribution < -0.4 is 76.2 Å². The van der Waals surface area contributed by atoms with Crippen LogP contribution in [0.15, 0.2) is 0 Å². The quantitative estimate of drug-likeness (QED) is 0.306. The second-order valence-corrected chi connectivity index (χ2v) is 1.54. The van der Waals surface area contributed by atoms with Crippen molar-refractivity contribution in [3.8, 4) is 0 Å². The zero-order valence-electron chi connectivity index (χ0n) is 8.37. The van der Waals surface area contributed by atoms with Gasteiger partial charge in [-0.2, -0.15) is 0 Å². The molecule has 0 aromatic carbocycles. The second-order valence-electron chi connectivity index (χ2n) is 0.513. The predicted molar refractivity (Wildman–Crippen MR) is 29.1 cm³/mol. The molecule has 0 aromatic rings. The molecule has 0 amide bonds. The molecule has 0 aliphatic carbocycles. The van der Waals surface area contributed by atoms with E-state index in [1.165, 1.54) is 0 Å². The van der Waals surface area contributed by atoms with Crippen LogP contribution in [0.4, 0.5) is 0 Å². The van der Waals surface area contributed by atoms with E-state index in [0.717, 1.165) is 0 Å². The molecule has 0 aromatic heterocycles. The van der Waals surface area contributed by atoms with E-state index in [9.17, 15) is 0 Å². The average Bonchev–Trinajstić information content (AvgIpc) is 0.722. The molecule has 0 aliphatic heterocycles. The topological polar surface area (TPSA) is 77.8 Å². The average molecular weight is 291 g/mol. The molecule has 10 heteroatoms. The summed E-state index contributed by atoms with van der Waals surface area (Å²) in [6, 6.07) is 0. The first-order valence-corrected chi connectivity index (χ1v) is 2.35. The Kier molecular flexibility index (Phi) is 70.6. The molecule has 0 saturated carbocycles. The van der Waals surface area contributed by atoms with E-state index in [1.807, 2.05) is 0 Å². The molecule has 0 radical (unpaired) electrons. The smallest absolute Gasteiger partial charge is 1.00 e. The fraction of sp³-hybridized carbons (Fsp3) is 0. The van der Waals surface area contributed by atoms with E-state index in [-0.39, 0.29) is 156 Å². The van der Waals surface area contributed by atoms with E-state index in [1.54, 1.807) is 0 Å². The van der Waals surface area contributed by atoms with Gasteiger partial charge in [-0.25, -0.2) is 4.57 Å². The van der Waals surface area contributed by atoms with Gasteiger partial charge in [0.1, 0.15) is 0 Å². The fourth-order valence-corrected chi connectivity index (χ4v) is 0. The molecule has 10 heavy (non-hydrogen) atoms. The van der Waals surface area contributed by atoms with Gasteiger partial charge in [0.25, 0.3) is 0 Å². The fourth-order valence-electron chi connectivity index (χ4n) is 0. The number of halogens is 2. The maximum absolute atomic E-state index is 8.88. The molecule has 0 aliphatic rings. The van der Waals surface area contributed by atoms with Crippen molar-refractivity contribution < 1.29 is 99.7 Å². The van der Waals surface area contributed by atoms with Crippen molar-refractivity contribution in [1.82, 2.24) is 0 Å². The molecular formula is H6Ca2Cl2KO4P. The summed E-state index contributed by atoms with van der Waals surface area (Å²) < 4.78 is 8.88. The van der Waals surface area contributed by atoms with Crippen LogP contribution in [0.3, 0.4) is 0 Å². The summed E-state index contributed by atoms with van der Waals surface area (Å²) in [7, 11) is -4.64. The number of hydrogen-bond donors (Lipinski definition) is 3. The van der Waals surface area contributed by atoms with Gasteiger partial charge in [0.15, 0.2) is 0 Å². The molecule has 4 nitrogen and oxygen atoms in total. The summed E-state index contributed by atoms with van der Waals surface area (Å²) in [5.74, 6) is 0. The summed E-state index contributed by atoms with van der Waals surface area (Å²) >= 11 is 0.